The fraction of sp³-hybridized carbons (Fsp3) is 0.312. The van der Waals surface area contributed by atoms with Gasteiger partial charge in [-0.2, -0.15) is 4.98 Å². The summed E-state index contributed by atoms with van der Waals surface area (Å²) in [5.41, 5.74) is -0.837. The fourth-order valence-corrected chi connectivity index (χ4v) is 2.79. The van der Waals surface area contributed by atoms with Gasteiger partial charge in [0.1, 0.15) is 5.75 Å². The smallest absolute Gasteiger partial charge is 0.406 e. The van der Waals surface area contributed by atoms with Crippen LogP contribution in [0.5, 0.6) is 5.75 Å². The predicted molar refractivity (Wildman–Crippen MR) is 90.2 cm³/mol. The molecule has 0 saturated heterocycles. The Morgan fingerprint density at radius 1 is 1.23 bits per heavy atom. The Morgan fingerprint density at radius 2 is 1.88 bits per heavy atom. The summed E-state index contributed by atoms with van der Waals surface area (Å²) in [5, 5.41) is 0.214. The summed E-state index contributed by atoms with van der Waals surface area (Å²) in [6, 6.07) is 5.08. The molecule has 0 spiro atoms. The number of thioether (sulfide) groups is 1. The number of hydrogen-bond donors (Lipinski definition) is 0. The van der Waals surface area contributed by atoms with Crippen molar-refractivity contribution in [3.63, 3.8) is 0 Å². The van der Waals surface area contributed by atoms with E-state index in [-0.39, 0.29) is 24.0 Å². The van der Waals surface area contributed by atoms with Crippen molar-refractivity contribution in [2.24, 2.45) is 0 Å². The van der Waals surface area contributed by atoms with Crippen molar-refractivity contribution in [2.75, 3.05) is 5.75 Å². The molecule has 0 fully saturated rings. The first-order valence-electron chi connectivity index (χ1n) is 7.37. The third kappa shape index (κ3) is 4.92. The van der Waals surface area contributed by atoms with Crippen LogP contribution in [0.2, 0.25) is 0 Å². The predicted octanol–water partition coefficient (Wildman–Crippen LogP) is 2.10. The molecule has 10 heteroatoms. The maximum atomic E-state index is 12.5. The third-order valence-corrected chi connectivity index (χ3v) is 3.99. The molecule has 0 atom stereocenters. The lowest BCUT2D eigenvalue weighted by Crippen LogP contribution is -2.42. The molecule has 0 unspecified atom stereocenters. The van der Waals surface area contributed by atoms with E-state index in [1.807, 2.05) is 6.92 Å². The minimum Gasteiger partial charge on any atom is -0.406 e. The maximum absolute atomic E-state index is 12.5. The molecule has 0 bridgehead atoms. The number of hydrogen-bond acceptors (Lipinski definition) is 5. The van der Waals surface area contributed by atoms with Crippen LogP contribution in [-0.4, -0.2) is 26.2 Å². The largest absolute Gasteiger partial charge is 0.573 e. The van der Waals surface area contributed by atoms with E-state index in [0.717, 1.165) is 16.7 Å². The third-order valence-electron chi connectivity index (χ3n) is 3.14. The van der Waals surface area contributed by atoms with Crippen LogP contribution in [0.15, 0.2) is 39.0 Å². The topological polar surface area (TPSA) is 66.1 Å². The molecule has 1 aromatic carbocycles. The zero-order valence-corrected chi connectivity index (χ0v) is 14.4. The molecule has 0 aliphatic carbocycles. The van der Waals surface area contributed by atoms with Gasteiger partial charge in [-0.1, -0.05) is 36.7 Å². The molecular weight excluding hydrogens is 371 g/mol. The van der Waals surface area contributed by atoms with Crippen LogP contribution >= 0.6 is 11.8 Å². The number of alkyl halides is 3. The molecule has 0 aliphatic rings. The van der Waals surface area contributed by atoms with Crippen molar-refractivity contribution in [3.05, 3.63) is 50.8 Å². The van der Waals surface area contributed by atoms with Gasteiger partial charge in [0, 0.05) is 0 Å². The number of halogens is 3. The van der Waals surface area contributed by atoms with Crippen LogP contribution in [0, 0.1) is 12.3 Å². The highest BCUT2D eigenvalue weighted by atomic mass is 32.2. The van der Waals surface area contributed by atoms with Gasteiger partial charge >= 0.3 is 17.7 Å². The molecule has 6 nitrogen and oxygen atoms in total. The first-order chi connectivity index (χ1) is 12.2. The van der Waals surface area contributed by atoms with E-state index in [4.69, 9.17) is 6.42 Å². The fourth-order valence-electron chi connectivity index (χ4n) is 2.09. The summed E-state index contributed by atoms with van der Waals surface area (Å²) in [4.78, 5) is 28.3. The molecule has 2 rings (SSSR count). The van der Waals surface area contributed by atoms with Crippen molar-refractivity contribution < 1.29 is 17.9 Å². The number of aromatic nitrogens is 3. The average Bonchev–Trinajstić information content (AvgIpc) is 2.55. The van der Waals surface area contributed by atoms with E-state index in [1.54, 1.807) is 0 Å². The summed E-state index contributed by atoms with van der Waals surface area (Å²) in [5.74, 6) is 2.42. The molecule has 138 valence electrons. The Bertz CT molecular complexity index is 927. The highest BCUT2D eigenvalue weighted by Crippen LogP contribution is 2.23. The number of ether oxygens (including phenoxy) is 1. The van der Waals surface area contributed by atoms with Crippen LogP contribution in [0.4, 0.5) is 13.2 Å². The summed E-state index contributed by atoms with van der Waals surface area (Å²) in [6.07, 6.45) is 0.388. The minimum absolute atomic E-state index is 0.0192. The van der Waals surface area contributed by atoms with Gasteiger partial charge in [0.15, 0.2) is 5.16 Å². The van der Waals surface area contributed by atoms with E-state index < -0.39 is 17.7 Å². The minimum atomic E-state index is -4.78. The average molecular weight is 385 g/mol. The molecule has 1 aromatic heterocycles. The normalized spacial score (nSPS) is 11.2. The van der Waals surface area contributed by atoms with E-state index in [2.05, 4.69) is 15.6 Å². The highest BCUT2D eigenvalue weighted by molar-refractivity contribution is 7.99. The second-order valence-corrected chi connectivity index (χ2v) is 6.19. The van der Waals surface area contributed by atoms with Gasteiger partial charge in [-0.3, -0.25) is 4.57 Å². The van der Waals surface area contributed by atoms with Crippen LogP contribution in [0.3, 0.4) is 0 Å². The van der Waals surface area contributed by atoms with Crippen LogP contribution in [0.1, 0.15) is 12.5 Å². The van der Waals surface area contributed by atoms with Gasteiger partial charge in [0.2, 0.25) is 0 Å². The van der Waals surface area contributed by atoms with Crippen LogP contribution in [-0.2, 0) is 13.1 Å². The van der Waals surface area contributed by atoms with E-state index in [0.29, 0.717) is 11.3 Å². The molecule has 0 radical (unpaired) electrons. The van der Waals surface area contributed by atoms with Crippen LogP contribution < -0.4 is 16.1 Å². The van der Waals surface area contributed by atoms with Crippen molar-refractivity contribution in [3.8, 4) is 18.1 Å². The molecule has 0 aliphatic heterocycles. The Balaban J connectivity index is 2.39. The maximum Gasteiger partial charge on any atom is 0.573 e. The number of rotatable bonds is 6. The Labute approximate surface area is 150 Å². The molecule has 26 heavy (non-hydrogen) atoms. The van der Waals surface area contributed by atoms with Gasteiger partial charge in [0.25, 0.3) is 0 Å². The van der Waals surface area contributed by atoms with Gasteiger partial charge in [-0.05, 0) is 23.4 Å². The molecule has 0 N–H and O–H groups in total. The Kier molecular flexibility index (Phi) is 6.15. The van der Waals surface area contributed by atoms with Crippen molar-refractivity contribution in [1.82, 2.24) is 14.1 Å². The second-order valence-electron chi connectivity index (χ2n) is 4.96. The Morgan fingerprint density at radius 3 is 2.42 bits per heavy atom. The number of benzene rings is 1. The van der Waals surface area contributed by atoms with E-state index in [1.165, 1.54) is 28.5 Å². The molecule has 0 amide bonds. The van der Waals surface area contributed by atoms with E-state index >= 15 is 0 Å². The quantitative estimate of drug-likeness (QED) is 0.563. The lowest BCUT2D eigenvalue weighted by atomic mass is 10.2. The van der Waals surface area contributed by atoms with Crippen molar-refractivity contribution in [1.29, 1.82) is 0 Å². The zero-order chi connectivity index (χ0) is 19.3. The number of nitrogens with zero attached hydrogens (tertiary/aromatic N) is 3. The molecule has 2 aromatic rings. The SMILES string of the molecule is C#CCn1c(=O)nc(SCC)n(Cc2ccc(OC(F)(F)F)cc2)c1=O. The second kappa shape index (κ2) is 8.14. The first kappa shape index (κ1) is 19.7. The molecule has 1 heterocycles. The summed E-state index contributed by atoms with van der Waals surface area (Å²) < 4.78 is 42.5. The molecule has 0 saturated carbocycles. The van der Waals surface area contributed by atoms with Gasteiger partial charge < -0.3 is 4.74 Å². The van der Waals surface area contributed by atoms with Gasteiger partial charge in [0.05, 0.1) is 13.1 Å². The monoisotopic (exact) mass is 385 g/mol. The van der Waals surface area contributed by atoms with Crippen molar-refractivity contribution >= 4 is 11.8 Å². The lowest BCUT2D eigenvalue weighted by Gasteiger charge is -2.13. The van der Waals surface area contributed by atoms with Gasteiger partial charge in [-0.25, -0.2) is 14.2 Å². The summed E-state index contributed by atoms with van der Waals surface area (Å²) in [6.45, 7) is 1.63. The summed E-state index contributed by atoms with van der Waals surface area (Å²) >= 11 is 1.20. The summed E-state index contributed by atoms with van der Waals surface area (Å²) in [7, 11) is 0. The first-order valence-corrected chi connectivity index (χ1v) is 8.36. The lowest BCUT2D eigenvalue weighted by molar-refractivity contribution is -0.274. The highest BCUT2D eigenvalue weighted by Gasteiger charge is 2.30. The van der Waals surface area contributed by atoms with Crippen molar-refractivity contribution in [2.45, 2.75) is 31.5 Å². The standard InChI is InChI=1S/C16H14F3N3O3S/c1-3-9-21-13(23)20-14(26-4-2)22(15(21)24)10-11-5-7-12(8-6-11)25-16(17,18)19/h1,5-8H,4,9-10H2,2H3. The zero-order valence-electron chi connectivity index (χ0n) is 13.6. The van der Waals surface area contributed by atoms with E-state index in [9.17, 15) is 22.8 Å². The number of terminal acetylenes is 1. The van der Waals surface area contributed by atoms with Crippen LogP contribution in [0.25, 0.3) is 0 Å². The molecular formula is C16H14F3N3O3S. The Hall–Kier alpha value is -2.67. The van der Waals surface area contributed by atoms with Gasteiger partial charge in [-0.15, -0.1) is 19.6 Å².